The van der Waals surface area contributed by atoms with Gasteiger partial charge in [-0.25, -0.2) is 4.79 Å². The Morgan fingerprint density at radius 3 is 2.42 bits per heavy atom. The van der Waals surface area contributed by atoms with Gasteiger partial charge in [-0.1, -0.05) is 30.3 Å². The number of anilines is 1. The molecule has 1 heterocycles. The van der Waals surface area contributed by atoms with Crippen molar-refractivity contribution in [2.24, 2.45) is 0 Å². The number of nitrogens with zero attached hydrogens (tertiary/aromatic N) is 1. The Labute approximate surface area is 191 Å². The molecule has 0 saturated carbocycles. The summed E-state index contributed by atoms with van der Waals surface area (Å²) in [4.78, 5) is 25.8. The van der Waals surface area contributed by atoms with E-state index in [2.05, 4.69) is 67.8 Å². The standard InChI is InChI=1S/C18H14I3NO4/c19-11-9-12(20)17(14(21)15(11)22-8-4-7-13(22)23)26-16(18(24)25)10-5-2-1-3-6-10/h1-3,5-6,9,16H,4,7-8H2,(H,24,25). The lowest BCUT2D eigenvalue weighted by Gasteiger charge is -2.24. The minimum atomic E-state index is -1.11. The van der Waals surface area contributed by atoms with Crippen LogP contribution >= 0.6 is 67.8 Å². The first-order chi connectivity index (χ1) is 12.4. The van der Waals surface area contributed by atoms with Crippen LogP contribution in [0.3, 0.4) is 0 Å². The summed E-state index contributed by atoms with van der Waals surface area (Å²) in [6.45, 7) is 0.673. The molecule has 1 saturated heterocycles. The van der Waals surface area contributed by atoms with Crippen LogP contribution in [0.2, 0.25) is 0 Å². The van der Waals surface area contributed by atoms with E-state index in [0.717, 1.165) is 22.8 Å². The number of carbonyl (C=O) groups is 2. The van der Waals surface area contributed by atoms with E-state index in [-0.39, 0.29) is 5.91 Å². The minimum Gasteiger partial charge on any atom is -0.478 e. The van der Waals surface area contributed by atoms with Crippen molar-refractivity contribution in [3.8, 4) is 5.75 Å². The van der Waals surface area contributed by atoms with Crippen LogP contribution in [0.15, 0.2) is 36.4 Å². The van der Waals surface area contributed by atoms with E-state index in [9.17, 15) is 14.7 Å². The molecule has 1 unspecified atom stereocenters. The maximum Gasteiger partial charge on any atom is 0.349 e. The summed E-state index contributed by atoms with van der Waals surface area (Å²) in [5.74, 6) is -0.469. The summed E-state index contributed by atoms with van der Waals surface area (Å²) < 4.78 is 8.48. The van der Waals surface area contributed by atoms with E-state index in [4.69, 9.17) is 4.74 Å². The molecule has 1 aliphatic rings. The van der Waals surface area contributed by atoms with E-state index in [0.29, 0.717) is 24.3 Å². The molecule has 2 aromatic carbocycles. The average Bonchev–Trinajstić information content (AvgIpc) is 3.01. The van der Waals surface area contributed by atoms with Crippen LogP contribution in [0, 0.1) is 10.7 Å². The maximum absolute atomic E-state index is 12.2. The topological polar surface area (TPSA) is 66.8 Å². The van der Waals surface area contributed by atoms with E-state index < -0.39 is 12.1 Å². The van der Waals surface area contributed by atoms with Crippen LogP contribution in [0.25, 0.3) is 0 Å². The Morgan fingerprint density at radius 1 is 1.15 bits per heavy atom. The molecule has 1 atom stereocenters. The first-order valence-corrected chi connectivity index (χ1v) is 11.1. The molecule has 1 amide bonds. The van der Waals surface area contributed by atoms with Gasteiger partial charge in [0.2, 0.25) is 12.0 Å². The Kier molecular flexibility index (Phi) is 6.64. The van der Waals surface area contributed by atoms with E-state index in [1.54, 1.807) is 29.2 Å². The molecule has 1 aliphatic heterocycles. The van der Waals surface area contributed by atoms with Gasteiger partial charge in [0.05, 0.1) is 12.8 Å². The lowest BCUT2D eigenvalue weighted by Crippen LogP contribution is -2.26. The van der Waals surface area contributed by atoms with Crippen LogP contribution in [-0.2, 0) is 9.59 Å². The minimum absolute atomic E-state index is 0.0887. The smallest absolute Gasteiger partial charge is 0.349 e. The number of amides is 1. The molecule has 26 heavy (non-hydrogen) atoms. The third kappa shape index (κ3) is 4.11. The lowest BCUT2D eigenvalue weighted by atomic mass is 10.1. The summed E-state index contributed by atoms with van der Waals surface area (Å²) in [6.07, 6.45) is 0.255. The number of aliphatic carboxylic acids is 1. The molecule has 136 valence electrons. The zero-order valence-corrected chi connectivity index (χ0v) is 19.9. The van der Waals surface area contributed by atoms with Crippen LogP contribution in [0.4, 0.5) is 5.69 Å². The maximum atomic E-state index is 12.2. The third-order valence-corrected chi connectivity index (χ3v) is 6.63. The predicted octanol–water partition coefficient (Wildman–Crippen LogP) is 4.83. The first kappa shape index (κ1) is 20.1. The Bertz CT molecular complexity index is 857. The first-order valence-electron chi connectivity index (χ1n) is 7.82. The van der Waals surface area contributed by atoms with Crippen molar-refractivity contribution in [3.63, 3.8) is 0 Å². The van der Waals surface area contributed by atoms with Gasteiger partial charge in [0.15, 0.2) is 0 Å². The number of benzene rings is 2. The fraction of sp³-hybridized carbons (Fsp3) is 0.222. The fourth-order valence-electron chi connectivity index (χ4n) is 2.81. The highest BCUT2D eigenvalue weighted by Gasteiger charge is 2.30. The van der Waals surface area contributed by atoms with Crippen LogP contribution in [0.1, 0.15) is 24.5 Å². The number of halogens is 3. The summed E-state index contributed by atoms with van der Waals surface area (Å²) in [5.41, 5.74) is 1.38. The second-order valence-electron chi connectivity index (χ2n) is 5.73. The molecule has 1 fully saturated rings. The van der Waals surface area contributed by atoms with E-state index >= 15 is 0 Å². The lowest BCUT2D eigenvalue weighted by molar-refractivity contribution is -0.145. The molecule has 0 radical (unpaired) electrons. The SMILES string of the molecule is O=C(O)C(Oc1c(I)cc(I)c(N2CCCC2=O)c1I)c1ccccc1. The predicted molar refractivity (Wildman–Crippen MR) is 124 cm³/mol. The second-order valence-corrected chi connectivity index (χ2v) is 9.13. The zero-order valence-electron chi connectivity index (χ0n) is 13.4. The van der Waals surface area contributed by atoms with E-state index in [1.807, 2.05) is 12.1 Å². The second kappa shape index (κ2) is 8.59. The summed E-state index contributed by atoms with van der Waals surface area (Å²) >= 11 is 6.50. The van der Waals surface area contributed by atoms with Crippen molar-refractivity contribution >= 4 is 85.3 Å². The number of hydrogen-bond donors (Lipinski definition) is 1. The molecule has 0 aliphatic carbocycles. The van der Waals surface area contributed by atoms with Gasteiger partial charge >= 0.3 is 5.97 Å². The number of hydrogen-bond acceptors (Lipinski definition) is 3. The highest BCUT2D eigenvalue weighted by molar-refractivity contribution is 14.1. The fourth-order valence-corrected chi connectivity index (χ4v) is 7.02. The van der Waals surface area contributed by atoms with Crippen molar-refractivity contribution in [1.29, 1.82) is 0 Å². The average molecular weight is 689 g/mol. The number of carboxylic acids is 1. The van der Waals surface area contributed by atoms with Crippen LogP contribution in [0.5, 0.6) is 5.75 Å². The van der Waals surface area contributed by atoms with Gasteiger partial charge in [0.25, 0.3) is 0 Å². The normalized spacial score (nSPS) is 15.2. The monoisotopic (exact) mass is 689 g/mol. The van der Waals surface area contributed by atoms with Crippen molar-refractivity contribution in [3.05, 3.63) is 52.7 Å². The van der Waals surface area contributed by atoms with Gasteiger partial charge in [-0.2, -0.15) is 0 Å². The van der Waals surface area contributed by atoms with Gasteiger partial charge in [-0.3, -0.25) is 4.79 Å². The molecule has 3 rings (SSSR count). The molecular weight excluding hydrogens is 675 g/mol. The number of rotatable bonds is 5. The van der Waals surface area contributed by atoms with Gasteiger partial charge in [-0.15, -0.1) is 0 Å². The third-order valence-electron chi connectivity index (χ3n) is 4.01. The van der Waals surface area contributed by atoms with Gasteiger partial charge < -0.3 is 14.7 Å². The summed E-state index contributed by atoms with van der Waals surface area (Å²) in [5, 5.41) is 9.65. The molecule has 5 nitrogen and oxygen atoms in total. The van der Waals surface area contributed by atoms with Crippen molar-refractivity contribution < 1.29 is 19.4 Å². The molecule has 0 bridgehead atoms. The Balaban J connectivity index is 2.04. The van der Waals surface area contributed by atoms with Gasteiger partial charge in [-0.05, 0) is 80.3 Å². The largest absolute Gasteiger partial charge is 0.478 e. The quantitative estimate of drug-likeness (QED) is 0.458. The Morgan fingerprint density at radius 2 is 1.85 bits per heavy atom. The highest BCUT2D eigenvalue weighted by Crippen LogP contribution is 2.41. The van der Waals surface area contributed by atoms with Crippen LogP contribution in [-0.4, -0.2) is 23.5 Å². The molecule has 0 spiro atoms. The Hall–Kier alpha value is -0.630. The zero-order chi connectivity index (χ0) is 18.8. The highest BCUT2D eigenvalue weighted by atomic mass is 127. The van der Waals surface area contributed by atoms with Crippen LogP contribution < -0.4 is 9.64 Å². The van der Waals surface area contributed by atoms with Crippen molar-refractivity contribution in [2.75, 3.05) is 11.4 Å². The number of carbonyl (C=O) groups excluding carboxylic acids is 1. The van der Waals surface area contributed by atoms with E-state index in [1.165, 1.54) is 0 Å². The number of carboxylic acid groups (broad SMARTS) is 1. The summed E-state index contributed by atoms with van der Waals surface area (Å²) in [6, 6.07) is 10.8. The number of ether oxygens (including phenoxy) is 1. The van der Waals surface area contributed by atoms with Crippen molar-refractivity contribution in [1.82, 2.24) is 0 Å². The molecule has 8 heteroatoms. The van der Waals surface area contributed by atoms with Crippen molar-refractivity contribution in [2.45, 2.75) is 18.9 Å². The summed E-state index contributed by atoms with van der Waals surface area (Å²) in [7, 11) is 0. The molecule has 1 N–H and O–H groups in total. The van der Waals surface area contributed by atoms with Gasteiger partial charge in [0.1, 0.15) is 5.75 Å². The molecular formula is C18H14I3NO4. The van der Waals surface area contributed by atoms with Gasteiger partial charge in [0, 0.05) is 22.1 Å². The molecule has 2 aromatic rings. The molecule has 0 aromatic heterocycles.